The fourth-order valence-electron chi connectivity index (χ4n) is 2.50. The molecular weight excluding hydrogens is 230 g/mol. The van der Waals surface area contributed by atoms with E-state index in [4.69, 9.17) is 0 Å². The quantitative estimate of drug-likeness (QED) is 0.793. The molecule has 0 amide bonds. The molecule has 1 unspecified atom stereocenters. The Labute approximate surface area is 107 Å². The average molecular weight is 249 g/mol. The number of likely N-dealkylation sites (N-methyl/N-ethyl adjacent to an activating group) is 1. The standard InChI is InChI=1S/C13H19N3S/c1-16-6-4-14-12(9-16)10-2-3-13-11(8-10)15-5-7-17-13/h2-3,8,12,14-15H,4-7,9H2,1H3. The molecular formula is C13H19N3S. The van der Waals surface area contributed by atoms with Crippen LogP contribution < -0.4 is 10.6 Å². The Kier molecular flexibility index (Phi) is 3.27. The van der Waals surface area contributed by atoms with E-state index < -0.39 is 0 Å². The van der Waals surface area contributed by atoms with Crippen molar-refractivity contribution in [2.24, 2.45) is 0 Å². The zero-order valence-electron chi connectivity index (χ0n) is 10.2. The molecule has 0 aliphatic carbocycles. The lowest BCUT2D eigenvalue weighted by Gasteiger charge is -2.32. The lowest BCUT2D eigenvalue weighted by Crippen LogP contribution is -2.43. The van der Waals surface area contributed by atoms with E-state index in [2.05, 4.69) is 40.8 Å². The summed E-state index contributed by atoms with van der Waals surface area (Å²) in [6, 6.07) is 7.33. The first-order valence-corrected chi connectivity index (χ1v) is 7.24. The molecule has 1 fully saturated rings. The van der Waals surface area contributed by atoms with Gasteiger partial charge >= 0.3 is 0 Å². The molecule has 1 aromatic rings. The van der Waals surface area contributed by atoms with E-state index in [0.717, 1.165) is 26.2 Å². The van der Waals surface area contributed by atoms with Crippen molar-refractivity contribution in [2.45, 2.75) is 10.9 Å². The highest BCUT2D eigenvalue weighted by Crippen LogP contribution is 2.33. The molecule has 2 aliphatic heterocycles. The van der Waals surface area contributed by atoms with Gasteiger partial charge in [-0.3, -0.25) is 0 Å². The summed E-state index contributed by atoms with van der Waals surface area (Å²) in [5, 5.41) is 7.09. The van der Waals surface area contributed by atoms with Crippen LogP contribution in [-0.4, -0.2) is 43.9 Å². The lowest BCUT2D eigenvalue weighted by molar-refractivity contribution is 0.241. The lowest BCUT2D eigenvalue weighted by atomic mass is 10.0. The van der Waals surface area contributed by atoms with E-state index in [1.165, 1.54) is 21.9 Å². The van der Waals surface area contributed by atoms with Crippen molar-refractivity contribution in [3.63, 3.8) is 0 Å². The molecule has 0 radical (unpaired) electrons. The third-order valence-corrected chi connectivity index (χ3v) is 4.53. The van der Waals surface area contributed by atoms with Gasteiger partial charge in [0.15, 0.2) is 0 Å². The SMILES string of the molecule is CN1CCNC(c2ccc3c(c2)NCCS3)C1. The van der Waals surface area contributed by atoms with Crippen LogP contribution in [0.15, 0.2) is 23.1 Å². The summed E-state index contributed by atoms with van der Waals surface area (Å²) in [5.41, 5.74) is 2.72. The van der Waals surface area contributed by atoms with Crippen LogP contribution in [0.4, 0.5) is 5.69 Å². The highest BCUT2D eigenvalue weighted by Gasteiger charge is 2.19. The Bertz CT molecular complexity index is 408. The van der Waals surface area contributed by atoms with E-state index in [1.807, 2.05) is 11.8 Å². The predicted molar refractivity (Wildman–Crippen MR) is 73.9 cm³/mol. The number of benzene rings is 1. The van der Waals surface area contributed by atoms with Gasteiger partial charge in [-0.2, -0.15) is 0 Å². The zero-order chi connectivity index (χ0) is 11.7. The summed E-state index contributed by atoms with van der Waals surface area (Å²) in [4.78, 5) is 3.78. The number of piperazine rings is 1. The Hall–Kier alpha value is -0.710. The van der Waals surface area contributed by atoms with Gasteiger partial charge in [0.2, 0.25) is 0 Å². The molecule has 92 valence electrons. The van der Waals surface area contributed by atoms with E-state index in [1.54, 1.807) is 0 Å². The molecule has 2 N–H and O–H groups in total. The normalized spacial score (nSPS) is 25.1. The first-order valence-electron chi connectivity index (χ1n) is 6.25. The first kappa shape index (κ1) is 11.4. The Morgan fingerprint density at radius 2 is 2.29 bits per heavy atom. The van der Waals surface area contributed by atoms with Crippen molar-refractivity contribution in [3.8, 4) is 0 Å². The molecule has 2 aliphatic rings. The molecule has 2 heterocycles. The number of thioether (sulfide) groups is 1. The van der Waals surface area contributed by atoms with Crippen molar-refractivity contribution in [1.82, 2.24) is 10.2 Å². The molecule has 1 atom stereocenters. The van der Waals surface area contributed by atoms with Gasteiger partial charge in [0.25, 0.3) is 0 Å². The maximum absolute atomic E-state index is 3.60. The smallest absolute Gasteiger partial charge is 0.0482 e. The van der Waals surface area contributed by atoms with Crippen LogP contribution in [0.1, 0.15) is 11.6 Å². The number of anilines is 1. The van der Waals surface area contributed by atoms with Gasteiger partial charge in [-0.15, -0.1) is 11.8 Å². The predicted octanol–water partition coefficient (Wildman–Crippen LogP) is 1.78. The molecule has 0 aromatic heterocycles. The van der Waals surface area contributed by atoms with Crippen LogP contribution in [0.25, 0.3) is 0 Å². The van der Waals surface area contributed by atoms with Crippen LogP contribution in [-0.2, 0) is 0 Å². The minimum atomic E-state index is 0.479. The average Bonchev–Trinajstić information content (AvgIpc) is 2.38. The second-order valence-corrected chi connectivity index (χ2v) is 5.94. The fraction of sp³-hybridized carbons (Fsp3) is 0.538. The van der Waals surface area contributed by atoms with E-state index in [0.29, 0.717) is 6.04 Å². The molecule has 0 saturated carbocycles. The fourth-order valence-corrected chi connectivity index (χ4v) is 3.37. The van der Waals surface area contributed by atoms with E-state index >= 15 is 0 Å². The van der Waals surface area contributed by atoms with Crippen LogP contribution >= 0.6 is 11.8 Å². The molecule has 0 spiro atoms. The van der Waals surface area contributed by atoms with Crippen molar-refractivity contribution in [3.05, 3.63) is 23.8 Å². The van der Waals surface area contributed by atoms with Gasteiger partial charge < -0.3 is 15.5 Å². The van der Waals surface area contributed by atoms with Crippen LogP contribution in [0.2, 0.25) is 0 Å². The second-order valence-electron chi connectivity index (χ2n) is 4.80. The molecule has 17 heavy (non-hydrogen) atoms. The number of nitrogens with zero attached hydrogens (tertiary/aromatic N) is 1. The highest BCUT2D eigenvalue weighted by molar-refractivity contribution is 7.99. The number of hydrogen-bond donors (Lipinski definition) is 2. The summed E-state index contributed by atoms with van der Waals surface area (Å²) in [7, 11) is 2.19. The first-order chi connectivity index (χ1) is 8.33. The zero-order valence-corrected chi connectivity index (χ0v) is 11.0. The van der Waals surface area contributed by atoms with Crippen molar-refractivity contribution in [2.75, 3.05) is 44.3 Å². The summed E-state index contributed by atoms with van der Waals surface area (Å²) in [6.07, 6.45) is 0. The van der Waals surface area contributed by atoms with Crippen molar-refractivity contribution < 1.29 is 0 Å². The van der Waals surface area contributed by atoms with Gasteiger partial charge in [-0.1, -0.05) is 6.07 Å². The van der Waals surface area contributed by atoms with Gasteiger partial charge in [-0.05, 0) is 24.7 Å². The van der Waals surface area contributed by atoms with Crippen molar-refractivity contribution >= 4 is 17.4 Å². The summed E-state index contributed by atoms with van der Waals surface area (Å²) >= 11 is 1.95. The topological polar surface area (TPSA) is 27.3 Å². The molecule has 0 bridgehead atoms. The maximum Gasteiger partial charge on any atom is 0.0482 e. The number of nitrogens with one attached hydrogen (secondary N) is 2. The third kappa shape index (κ3) is 2.44. The van der Waals surface area contributed by atoms with Gasteiger partial charge in [0.05, 0.1) is 0 Å². The second kappa shape index (κ2) is 4.88. The van der Waals surface area contributed by atoms with Crippen LogP contribution in [0, 0.1) is 0 Å². The maximum atomic E-state index is 3.60. The Morgan fingerprint density at radius 3 is 3.18 bits per heavy atom. The van der Waals surface area contributed by atoms with Gasteiger partial charge in [0, 0.05) is 48.6 Å². The van der Waals surface area contributed by atoms with Crippen molar-refractivity contribution in [1.29, 1.82) is 0 Å². The highest BCUT2D eigenvalue weighted by atomic mass is 32.2. The van der Waals surface area contributed by atoms with E-state index in [-0.39, 0.29) is 0 Å². The minimum Gasteiger partial charge on any atom is -0.383 e. The molecule has 3 nitrogen and oxygen atoms in total. The van der Waals surface area contributed by atoms with Gasteiger partial charge in [-0.25, -0.2) is 0 Å². The number of rotatable bonds is 1. The summed E-state index contributed by atoms with van der Waals surface area (Å²) < 4.78 is 0. The van der Waals surface area contributed by atoms with Gasteiger partial charge in [0.1, 0.15) is 0 Å². The number of hydrogen-bond acceptors (Lipinski definition) is 4. The summed E-state index contributed by atoms with van der Waals surface area (Å²) in [6.45, 7) is 4.42. The third-order valence-electron chi connectivity index (χ3n) is 3.46. The van der Waals surface area contributed by atoms with E-state index in [9.17, 15) is 0 Å². The molecule has 1 aromatic carbocycles. The Balaban J connectivity index is 1.83. The summed E-state index contributed by atoms with van der Waals surface area (Å²) in [5.74, 6) is 1.18. The monoisotopic (exact) mass is 249 g/mol. The van der Waals surface area contributed by atoms with Crippen LogP contribution in [0.5, 0.6) is 0 Å². The number of fused-ring (bicyclic) bond motifs is 1. The molecule has 1 saturated heterocycles. The van der Waals surface area contributed by atoms with Crippen LogP contribution in [0.3, 0.4) is 0 Å². The molecule has 3 rings (SSSR count). The largest absolute Gasteiger partial charge is 0.383 e. The Morgan fingerprint density at radius 1 is 1.35 bits per heavy atom. The minimum absolute atomic E-state index is 0.479. The molecule has 4 heteroatoms.